The first-order valence-corrected chi connectivity index (χ1v) is 7.74. The Kier molecular flexibility index (Phi) is 11.7. The Bertz CT molecular complexity index is 214. The molecule has 0 aromatic rings. The van der Waals surface area contributed by atoms with Crippen LogP contribution in [-0.2, 0) is 9.53 Å². The third kappa shape index (κ3) is 11.8. The normalized spacial score (nSPS) is 10.2. The number of esters is 1. The summed E-state index contributed by atoms with van der Waals surface area (Å²) in [5.41, 5.74) is 0.478. The molecule has 2 nitrogen and oxygen atoms in total. The highest BCUT2D eigenvalue weighted by Crippen LogP contribution is 2.09. The van der Waals surface area contributed by atoms with Gasteiger partial charge >= 0.3 is 5.97 Å². The van der Waals surface area contributed by atoms with Gasteiger partial charge < -0.3 is 4.74 Å². The quantitative estimate of drug-likeness (QED) is 0.316. The van der Waals surface area contributed by atoms with Crippen LogP contribution in [0.2, 0.25) is 0 Å². The van der Waals surface area contributed by atoms with Crippen LogP contribution < -0.4 is 0 Å². The number of carbonyl (C=O) groups excluding carboxylic acids is 1. The monoisotopic (exact) mass is 258 g/mol. The van der Waals surface area contributed by atoms with Crippen molar-refractivity contribution in [1.82, 2.24) is 0 Å². The fourth-order valence-electron chi connectivity index (χ4n) is 1.40. The molecule has 0 saturated heterocycles. The summed E-state index contributed by atoms with van der Waals surface area (Å²) in [5, 5.41) is 0. The predicted octanol–water partition coefficient (Wildman–Crippen LogP) is 4.20. The summed E-state index contributed by atoms with van der Waals surface area (Å²) in [7, 11) is 0. The molecule has 0 aliphatic heterocycles. The molecule has 0 bridgehead atoms. The van der Waals surface area contributed by atoms with Gasteiger partial charge in [-0.15, -0.1) is 0 Å². The Morgan fingerprint density at radius 3 is 2.41 bits per heavy atom. The van der Waals surface area contributed by atoms with E-state index in [1.165, 1.54) is 44.3 Å². The molecule has 0 saturated carbocycles. The first-order chi connectivity index (χ1) is 8.18. The van der Waals surface area contributed by atoms with Gasteiger partial charge in [-0.25, -0.2) is 4.79 Å². The zero-order chi connectivity index (χ0) is 12.9. The van der Waals surface area contributed by atoms with Gasteiger partial charge in [-0.1, -0.05) is 45.6 Å². The van der Waals surface area contributed by atoms with Crippen LogP contribution in [0, 0.1) is 0 Å². The maximum Gasteiger partial charge on any atom is 0.333 e. The number of unbranched alkanes of at least 4 members (excludes halogenated alkanes) is 5. The Labute approximate surface area is 110 Å². The molecule has 100 valence electrons. The highest BCUT2D eigenvalue weighted by atomic mass is 32.2. The van der Waals surface area contributed by atoms with E-state index in [2.05, 4.69) is 13.5 Å². The number of thioether (sulfide) groups is 1. The van der Waals surface area contributed by atoms with Gasteiger partial charge in [0, 0.05) is 11.3 Å². The smallest absolute Gasteiger partial charge is 0.333 e. The number of ether oxygens (including phenoxy) is 1. The molecule has 0 unspecified atom stereocenters. The molecule has 0 fully saturated rings. The lowest BCUT2D eigenvalue weighted by Gasteiger charge is -2.04. The Morgan fingerprint density at radius 2 is 1.76 bits per heavy atom. The fraction of sp³-hybridized carbons (Fsp3) is 0.786. The lowest BCUT2D eigenvalue weighted by atomic mass is 10.1. The molecule has 0 aliphatic rings. The second kappa shape index (κ2) is 12.0. The molecule has 3 heteroatoms. The number of carbonyl (C=O) groups is 1. The molecule has 0 heterocycles. The molecular weight excluding hydrogens is 232 g/mol. The number of hydrogen-bond acceptors (Lipinski definition) is 3. The van der Waals surface area contributed by atoms with Gasteiger partial charge in [0.1, 0.15) is 6.61 Å². The minimum absolute atomic E-state index is 0.273. The van der Waals surface area contributed by atoms with Crippen molar-refractivity contribution in [3.05, 3.63) is 12.2 Å². The number of rotatable bonds is 11. The van der Waals surface area contributed by atoms with E-state index in [0.29, 0.717) is 12.2 Å². The molecule has 0 spiro atoms. The largest absolute Gasteiger partial charge is 0.461 e. The van der Waals surface area contributed by atoms with Crippen LogP contribution in [0.4, 0.5) is 0 Å². The molecule has 0 aliphatic carbocycles. The summed E-state index contributed by atoms with van der Waals surface area (Å²) in [5.74, 6) is 1.80. The van der Waals surface area contributed by atoms with E-state index < -0.39 is 0 Å². The maximum absolute atomic E-state index is 11.0. The zero-order valence-electron chi connectivity index (χ0n) is 11.3. The molecule has 0 atom stereocenters. The van der Waals surface area contributed by atoms with Crippen LogP contribution in [0.25, 0.3) is 0 Å². The van der Waals surface area contributed by atoms with Crippen molar-refractivity contribution in [2.75, 3.05) is 18.1 Å². The SMILES string of the molecule is C=C(C)C(=O)OCCSCCCCCCCC. The third-order valence-corrected chi connectivity index (χ3v) is 3.48. The van der Waals surface area contributed by atoms with E-state index in [0.717, 1.165) is 5.75 Å². The summed E-state index contributed by atoms with van der Waals surface area (Å²) in [6.07, 6.45) is 8.02. The van der Waals surface area contributed by atoms with Crippen molar-refractivity contribution >= 4 is 17.7 Å². The summed E-state index contributed by atoms with van der Waals surface area (Å²) in [6, 6.07) is 0. The average molecular weight is 258 g/mol. The third-order valence-electron chi connectivity index (χ3n) is 2.45. The lowest BCUT2D eigenvalue weighted by Crippen LogP contribution is -2.07. The summed E-state index contributed by atoms with van der Waals surface area (Å²) in [6.45, 7) is 7.95. The van der Waals surface area contributed by atoms with E-state index in [1.54, 1.807) is 6.92 Å². The highest BCUT2D eigenvalue weighted by Gasteiger charge is 2.01. The predicted molar refractivity (Wildman–Crippen MR) is 76.5 cm³/mol. The van der Waals surface area contributed by atoms with Crippen LogP contribution >= 0.6 is 11.8 Å². The molecule has 17 heavy (non-hydrogen) atoms. The minimum Gasteiger partial charge on any atom is -0.461 e. The Balaban J connectivity index is 3.08. The van der Waals surface area contributed by atoms with Gasteiger partial charge in [-0.2, -0.15) is 11.8 Å². The van der Waals surface area contributed by atoms with Crippen molar-refractivity contribution in [3.8, 4) is 0 Å². The van der Waals surface area contributed by atoms with Gasteiger partial charge in [0.15, 0.2) is 0 Å². The Morgan fingerprint density at radius 1 is 1.12 bits per heavy atom. The van der Waals surface area contributed by atoms with Crippen LogP contribution in [0.5, 0.6) is 0 Å². The van der Waals surface area contributed by atoms with Crippen molar-refractivity contribution in [3.63, 3.8) is 0 Å². The van der Waals surface area contributed by atoms with Crippen LogP contribution in [0.1, 0.15) is 52.4 Å². The van der Waals surface area contributed by atoms with Crippen molar-refractivity contribution in [2.45, 2.75) is 52.4 Å². The van der Waals surface area contributed by atoms with Gasteiger partial charge in [0.25, 0.3) is 0 Å². The standard InChI is InChI=1S/C14H26O2S/c1-4-5-6-7-8-9-11-17-12-10-16-14(15)13(2)3/h2,4-12H2,1,3H3. The molecule has 0 amide bonds. The van der Waals surface area contributed by atoms with E-state index in [1.807, 2.05) is 11.8 Å². The molecule has 0 radical (unpaired) electrons. The molecule has 0 N–H and O–H groups in total. The Hall–Kier alpha value is -0.440. The molecule has 0 aromatic heterocycles. The highest BCUT2D eigenvalue weighted by molar-refractivity contribution is 7.99. The topological polar surface area (TPSA) is 26.3 Å². The van der Waals surface area contributed by atoms with Gasteiger partial charge in [0.05, 0.1) is 0 Å². The first kappa shape index (κ1) is 16.6. The van der Waals surface area contributed by atoms with E-state index >= 15 is 0 Å². The molecular formula is C14H26O2S. The van der Waals surface area contributed by atoms with Crippen molar-refractivity contribution < 1.29 is 9.53 Å². The van der Waals surface area contributed by atoms with Crippen molar-refractivity contribution in [1.29, 1.82) is 0 Å². The van der Waals surface area contributed by atoms with E-state index in [9.17, 15) is 4.79 Å². The average Bonchev–Trinajstić information content (AvgIpc) is 2.31. The summed E-state index contributed by atoms with van der Waals surface area (Å²) >= 11 is 1.86. The van der Waals surface area contributed by atoms with E-state index in [4.69, 9.17) is 4.74 Å². The molecule has 0 aromatic carbocycles. The maximum atomic E-state index is 11.0. The second-order valence-electron chi connectivity index (χ2n) is 4.30. The summed E-state index contributed by atoms with van der Waals surface area (Å²) in [4.78, 5) is 11.0. The fourth-order valence-corrected chi connectivity index (χ4v) is 2.22. The van der Waals surface area contributed by atoms with Crippen LogP contribution in [0.3, 0.4) is 0 Å². The molecule has 0 rings (SSSR count). The lowest BCUT2D eigenvalue weighted by molar-refractivity contribution is -0.138. The van der Waals surface area contributed by atoms with Crippen LogP contribution in [0.15, 0.2) is 12.2 Å². The summed E-state index contributed by atoms with van der Waals surface area (Å²) < 4.78 is 5.00. The number of hydrogen-bond donors (Lipinski definition) is 0. The first-order valence-electron chi connectivity index (χ1n) is 6.58. The zero-order valence-corrected chi connectivity index (χ0v) is 12.1. The van der Waals surface area contributed by atoms with Crippen LogP contribution in [-0.4, -0.2) is 24.1 Å². The second-order valence-corrected chi connectivity index (χ2v) is 5.52. The van der Waals surface area contributed by atoms with E-state index in [-0.39, 0.29) is 5.97 Å². The minimum atomic E-state index is -0.273. The van der Waals surface area contributed by atoms with Gasteiger partial charge in [-0.05, 0) is 19.1 Å². The van der Waals surface area contributed by atoms with Gasteiger partial charge in [0.2, 0.25) is 0 Å². The van der Waals surface area contributed by atoms with Gasteiger partial charge in [-0.3, -0.25) is 0 Å². The van der Waals surface area contributed by atoms with Crippen molar-refractivity contribution in [2.24, 2.45) is 0 Å².